The molecule has 0 amide bonds. The van der Waals surface area contributed by atoms with E-state index in [1.807, 2.05) is 13.1 Å². The lowest BCUT2D eigenvalue weighted by Gasteiger charge is -2.32. The molecule has 0 aliphatic rings. The maximum absolute atomic E-state index is 10.7. The van der Waals surface area contributed by atoms with Gasteiger partial charge in [0.15, 0.2) is 0 Å². The highest BCUT2D eigenvalue weighted by Crippen LogP contribution is 2.27. The maximum atomic E-state index is 10.7. The van der Waals surface area contributed by atoms with E-state index < -0.39 is 18.4 Å². The number of aliphatic carboxylic acids is 1. The van der Waals surface area contributed by atoms with Gasteiger partial charge in [-0.3, -0.25) is 4.79 Å². The Hall–Kier alpha value is -0.223. The third kappa shape index (κ3) is 1.87. The van der Waals surface area contributed by atoms with Crippen molar-refractivity contribution in [3.05, 3.63) is 12.3 Å². The third-order valence-electron chi connectivity index (χ3n) is 2.18. The number of carboxylic acids is 1. The molecule has 0 spiro atoms. The lowest BCUT2D eigenvalue weighted by Crippen LogP contribution is -2.52. The van der Waals surface area contributed by atoms with E-state index in [0.717, 1.165) is 0 Å². The zero-order valence-electron chi connectivity index (χ0n) is 7.09. The molecule has 0 heterocycles. The van der Waals surface area contributed by atoms with Crippen LogP contribution in [-0.2, 0) is 4.79 Å². The van der Waals surface area contributed by atoms with Crippen LogP contribution in [0.2, 0.25) is 13.1 Å². The Morgan fingerprint density at radius 1 is 1.73 bits per heavy atom. The number of carboxylic acid groups (broad SMARTS) is 1. The van der Waals surface area contributed by atoms with Crippen molar-refractivity contribution in [2.24, 2.45) is 0 Å². The minimum absolute atomic E-state index is 0.864. The third-order valence-corrected chi connectivity index (χ3v) is 7.85. The number of carbonyl (C=O) groups is 1. The minimum Gasteiger partial charge on any atom is -0.480 e. The highest BCUT2D eigenvalue weighted by molar-refractivity contribution is 7.85. The normalized spacial score (nSPS) is 17.1. The lowest BCUT2D eigenvalue weighted by molar-refractivity contribution is -0.137. The van der Waals surface area contributed by atoms with E-state index in [9.17, 15) is 4.79 Å². The highest BCUT2D eigenvalue weighted by Gasteiger charge is 2.44. The van der Waals surface area contributed by atoms with Gasteiger partial charge >= 0.3 is 5.97 Å². The largest absolute Gasteiger partial charge is 0.480 e. The monoisotopic (exact) mass is 190 g/mol. The molecule has 0 aromatic heterocycles. The van der Waals surface area contributed by atoms with E-state index in [1.54, 1.807) is 12.6 Å². The average Bonchev–Trinajstić information content (AvgIpc) is 1.87. The van der Waals surface area contributed by atoms with Gasteiger partial charge < -0.3 is 5.11 Å². The molecule has 0 fully saturated rings. The van der Waals surface area contributed by atoms with Gasteiger partial charge in [-0.15, -0.1) is 6.58 Å². The zero-order chi connectivity index (χ0) is 9.28. The maximum Gasteiger partial charge on any atom is 0.316 e. The van der Waals surface area contributed by atoms with Crippen molar-refractivity contribution < 1.29 is 9.90 Å². The molecule has 2 nitrogen and oxygen atoms in total. The number of rotatable bonds is 3. The Labute approximate surface area is 73.7 Å². The van der Waals surface area contributed by atoms with Crippen molar-refractivity contribution >= 4 is 26.7 Å². The van der Waals surface area contributed by atoms with Gasteiger partial charge in [0.2, 0.25) is 0 Å². The molecule has 1 N–H and O–H groups in total. The van der Waals surface area contributed by atoms with Gasteiger partial charge in [-0.25, -0.2) is 0 Å². The van der Waals surface area contributed by atoms with Gasteiger partial charge in [-0.05, 0) is 6.92 Å². The second-order valence-corrected chi connectivity index (χ2v) is 9.47. The molecule has 1 atom stereocenters. The van der Waals surface area contributed by atoms with Crippen LogP contribution in [0.4, 0.5) is 0 Å². The highest BCUT2D eigenvalue weighted by atomic mass is 32.1. The van der Waals surface area contributed by atoms with E-state index >= 15 is 0 Å². The number of hydrogen-bond acceptors (Lipinski definition) is 2. The smallest absolute Gasteiger partial charge is 0.316 e. The molecule has 0 aliphatic heterocycles. The molecule has 64 valence electrons. The molecule has 0 aromatic carbocycles. The van der Waals surface area contributed by atoms with Crippen LogP contribution in [0.15, 0.2) is 12.3 Å². The van der Waals surface area contributed by atoms with Crippen LogP contribution in [0.1, 0.15) is 6.92 Å². The van der Waals surface area contributed by atoms with E-state index in [0.29, 0.717) is 0 Å². The second-order valence-electron chi connectivity index (χ2n) is 3.30. The van der Waals surface area contributed by atoms with Crippen molar-refractivity contribution in [2.75, 3.05) is 0 Å². The summed E-state index contributed by atoms with van der Waals surface area (Å²) in [6, 6.07) is 0. The molecule has 4 heteroatoms. The van der Waals surface area contributed by atoms with Crippen LogP contribution in [0.25, 0.3) is 0 Å². The molecule has 0 aromatic rings. The van der Waals surface area contributed by atoms with Crippen LogP contribution < -0.4 is 0 Å². The van der Waals surface area contributed by atoms with Gasteiger partial charge in [0.05, 0.1) is 0 Å². The molecule has 0 radical (unpaired) electrons. The van der Waals surface area contributed by atoms with Crippen LogP contribution in [0.3, 0.4) is 0 Å². The van der Waals surface area contributed by atoms with Gasteiger partial charge in [-0.1, -0.05) is 18.8 Å². The van der Waals surface area contributed by atoms with Crippen molar-refractivity contribution in [3.63, 3.8) is 0 Å². The summed E-state index contributed by atoms with van der Waals surface area (Å²) < 4.78 is -0.922. The quantitative estimate of drug-likeness (QED) is 0.525. The zero-order valence-corrected chi connectivity index (χ0v) is 8.98. The predicted molar refractivity (Wildman–Crippen MR) is 52.7 cm³/mol. The summed E-state index contributed by atoms with van der Waals surface area (Å²) in [6.45, 7) is 9.13. The summed E-state index contributed by atoms with van der Waals surface area (Å²) in [6.07, 6.45) is 0. The standard InChI is InChI=1S/C7H14O2SSi/c1-5-11(3,4)7(2,10)6(8)9/h5,10H,1H2,2-4H3,(H,8,9). The van der Waals surface area contributed by atoms with Crippen molar-refractivity contribution in [2.45, 2.75) is 24.4 Å². The molecular weight excluding hydrogens is 176 g/mol. The molecular formula is C7H14O2SSi. The lowest BCUT2D eigenvalue weighted by atomic mass is 10.5. The molecule has 0 bridgehead atoms. The van der Waals surface area contributed by atoms with E-state index in [4.69, 9.17) is 5.11 Å². The van der Waals surface area contributed by atoms with Crippen molar-refractivity contribution in [3.8, 4) is 0 Å². The summed E-state index contributed by atoms with van der Waals surface area (Å²) in [5.74, 6) is -0.864. The molecule has 0 rings (SSSR count). The van der Waals surface area contributed by atoms with E-state index in [2.05, 4.69) is 19.2 Å². The Balaban J connectivity index is 4.81. The molecule has 0 aliphatic carbocycles. The first-order valence-electron chi connectivity index (χ1n) is 3.35. The van der Waals surface area contributed by atoms with Crippen molar-refractivity contribution in [1.29, 1.82) is 0 Å². The van der Waals surface area contributed by atoms with Crippen LogP contribution in [0, 0.1) is 0 Å². The Bertz CT molecular complexity index is 187. The molecule has 11 heavy (non-hydrogen) atoms. The van der Waals surface area contributed by atoms with Gasteiger partial charge in [0, 0.05) is 0 Å². The van der Waals surface area contributed by atoms with Crippen LogP contribution >= 0.6 is 12.6 Å². The summed E-state index contributed by atoms with van der Waals surface area (Å²) >= 11 is 4.13. The van der Waals surface area contributed by atoms with E-state index in [1.165, 1.54) is 0 Å². The van der Waals surface area contributed by atoms with Gasteiger partial charge in [-0.2, -0.15) is 12.6 Å². The SMILES string of the molecule is C=C[Si](C)(C)C(C)(S)C(=O)O. The fourth-order valence-corrected chi connectivity index (χ4v) is 1.70. The number of hydrogen-bond donors (Lipinski definition) is 2. The van der Waals surface area contributed by atoms with Gasteiger partial charge in [0.25, 0.3) is 0 Å². The number of thiol groups is 1. The fraction of sp³-hybridized carbons (Fsp3) is 0.571. The van der Waals surface area contributed by atoms with Crippen LogP contribution in [0.5, 0.6) is 0 Å². The topological polar surface area (TPSA) is 37.3 Å². The fourth-order valence-electron chi connectivity index (χ4n) is 0.474. The summed E-state index contributed by atoms with van der Waals surface area (Å²) in [5, 5.41) is 8.82. The van der Waals surface area contributed by atoms with Crippen molar-refractivity contribution in [1.82, 2.24) is 0 Å². The first-order chi connectivity index (χ1) is 4.75. The summed E-state index contributed by atoms with van der Waals surface area (Å²) in [7, 11) is -1.94. The average molecular weight is 190 g/mol. The molecule has 0 saturated carbocycles. The molecule has 0 saturated heterocycles. The first-order valence-corrected chi connectivity index (χ1v) is 6.87. The molecule has 1 unspecified atom stereocenters. The summed E-state index contributed by atoms with van der Waals surface area (Å²) in [5.41, 5.74) is 1.74. The Morgan fingerprint density at radius 2 is 2.09 bits per heavy atom. The Kier molecular flexibility index (Phi) is 2.96. The van der Waals surface area contributed by atoms with Crippen LogP contribution in [-0.4, -0.2) is 23.5 Å². The van der Waals surface area contributed by atoms with E-state index in [-0.39, 0.29) is 0 Å². The summed E-state index contributed by atoms with van der Waals surface area (Å²) in [4.78, 5) is 10.7. The predicted octanol–water partition coefficient (Wildman–Crippen LogP) is 1.73. The minimum atomic E-state index is -1.94. The first kappa shape index (κ1) is 10.8. The van der Waals surface area contributed by atoms with Gasteiger partial charge in [0.1, 0.15) is 12.4 Å². The Morgan fingerprint density at radius 3 is 2.18 bits per heavy atom. The second kappa shape index (κ2) is 3.03.